The molecule has 7 aromatic carbocycles. The van der Waals surface area contributed by atoms with Gasteiger partial charge in [-0.1, -0.05) is 115 Å². The van der Waals surface area contributed by atoms with Crippen LogP contribution in [0.3, 0.4) is 0 Å². The van der Waals surface area contributed by atoms with E-state index in [9.17, 15) is 5.26 Å². The molecular formula is C46H25N5OS. The normalized spacial score (nSPS) is 11.8. The van der Waals surface area contributed by atoms with E-state index in [1.807, 2.05) is 102 Å². The highest BCUT2D eigenvalue weighted by Gasteiger charge is 2.27. The molecule has 7 heteroatoms. The summed E-state index contributed by atoms with van der Waals surface area (Å²) in [5.41, 5.74) is 6.98. The summed E-state index contributed by atoms with van der Waals surface area (Å²) in [6.07, 6.45) is 0. The fraction of sp³-hybridized carbons (Fsp3) is 0. The second-order valence-electron chi connectivity index (χ2n) is 13.1. The molecule has 0 bridgehead atoms. The van der Waals surface area contributed by atoms with Gasteiger partial charge >= 0.3 is 0 Å². The average molecular weight is 696 g/mol. The lowest BCUT2D eigenvalue weighted by molar-refractivity contribution is 0.666. The van der Waals surface area contributed by atoms with Crippen molar-refractivity contribution in [1.82, 2.24) is 19.5 Å². The minimum Gasteiger partial charge on any atom is -0.454 e. The highest BCUT2D eigenvalue weighted by atomic mass is 32.1. The third-order valence-electron chi connectivity index (χ3n) is 10.1. The van der Waals surface area contributed by atoms with Crippen molar-refractivity contribution in [2.24, 2.45) is 0 Å². The monoisotopic (exact) mass is 695 g/mol. The molecule has 0 unspecified atom stereocenters. The van der Waals surface area contributed by atoms with Crippen LogP contribution in [0.1, 0.15) is 5.56 Å². The van der Waals surface area contributed by atoms with Crippen molar-refractivity contribution < 1.29 is 4.42 Å². The minimum atomic E-state index is 0.408. The van der Waals surface area contributed by atoms with E-state index in [0.29, 0.717) is 39.8 Å². The Kier molecular flexibility index (Phi) is 6.38. The number of thiophene rings is 1. The number of nitrogens with zero attached hydrogens (tertiary/aromatic N) is 5. The fourth-order valence-corrected chi connectivity index (χ4v) is 8.94. The molecule has 0 aliphatic heterocycles. The SMILES string of the molecule is N#Cc1cc(-n2c3ccccc3c3c4c(ccc32)sc2ccccc24)c2oc3ccccc3c2c1-c1nc(-c2ccccc2)nc(-c2ccccc2)n1. The Morgan fingerprint density at radius 1 is 0.528 bits per heavy atom. The van der Waals surface area contributed by atoms with E-state index in [0.717, 1.165) is 44.0 Å². The number of aromatic nitrogens is 4. The third kappa shape index (κ3) is 4.40. The first-order chi connectivity index (χ1) is 26.2. The van der Waals surface area contributed by atoms with Gasteiger partial charge in [0, 0.05) is 58.4 Å². The number of fused-ring (bicyclic) bond motifs is 10. The van der Waals surface area contributed by atoms with Crippen LogP contribution in [-0.4, -0.2) is 19.5 Å². The van der Waals surface area contributed by atoms with Crippen molar-refractivity contribution in [2.75, 3.05) is 0 Å². The lowest BCUT2D eigenvalue weighted by Gasteiger charge is -2.14. The van der Waals surface area contributed by atoms with Gasteiger partial charge in [0.2, 0.25) is 0 Å². The second kappa shape index (κ2) is 11.4. The molecule has 53 heavy (non-hydrogen) atoms. The van der Waals surface area contributed by atoms with Crippen LogP contribution in [0.4, 0.5) is 0 Å². The van der Waals surface area contributed by atoms with Crippen LogP contribution in [0.15, 0.2) is 156 Å². The molecule has 0 aliphatic carbocycles. The van der Waals surface area contributed by atoms with Gasteiger partial charge in [-0.25, -0.2) is 15.0 Å². The quantitative estimate of drug-likeness (QED) is 0.183. The van der Waals surface area contributed by atoms with Crippen LogP contribution in [0.2, 0.25) is 0 Å². The van der Waals surface area contributed by atoms with E-state index < -0.39 is 0 Å². The van der Waals surface area contributed by atoms with Crippen molar-refractivity contribution in [1.29, 1.82) is 5.26 Å². The summed E-state index contributed by atoms with van der Waals surface area (Å²) in [5, 5.41) is 17.5. The van der Waals surface area contributed by atoms with Crippen molar-refractivity contribution in [2.45, 2.75) is 0 Å². The van der Waals surface area contributed by atoms with Crippen molar-refractivity contribution in [3.05, 3.63) is 157 Å². The topological polar surface area (TPSA) is 80.5 Å². The standard InChI is InChI=1S/C46H25N5OS/c47-26-29-25-35(51-33-20-10-7-17-30(33)40-34(51)23-24-38-41(40)32-19-9-12-22-37(32)53-38)43-42(31-18-8-11-21-36(31)52-43)39(29)46-49-44(27-13-3-1-4-14-27)48-45(50-46)28-15-5-2-6-16-28/h1-25H. The Bertz CT molecular complexity index is 3240. The summed E-state index contributed by atoms with van der Waals surface area (Å²) < 4.78 is 11.6. The first-order valence-electron chi connectivity index (χ1n) is 17.3. The second-order valence-corrected chi connectivity index (χ2v) is 14.1. The Balaban J connectivity index is 1.28. The molecular weight excluding hydrogens is 671 g/mol. The number of rotatable bonds is 4. The predicted molar refractivity (Wildman–Crippen MR) is 215 cm³/mol. The van der Waals surface area contributed by atoms with E-state index >= 15 is 0 Å². The highest BCUT2D eigenvalue weighted by Crippen LogP contribution is 2.47. The zero-order valence-corrected chi connectivity index (χ0v) is 28.8. The fourth-order valence-electron chi connectivity index (χ4n) is 7.82. The Hall–Kier alpha value is -7.14. The molecule has 4 heterocycles. The Labute approximate surface area is 306 Å². The van der Waals surface area contributed by atoms with E-state index in [4.69, 9.17) is 19.4 Å². The van der Waals surface area contributed by atoms with E-state index in [1.54, 1.807) is 0 Å². The molecule has 0 amide bonds. The smallest absolute Gasteiger partial charge is 0.166 e. The van der Waals surface area contributed by atoms with Gasteiger partial charge < -0.3 is 8.98 Å². The molecule has 6 nitrogen and oxygen atoms in total. The minimum absolute atomic E-state index is 0.408. The largest absolute Gasteiger partial charge is 0.454 e. The van der Waals surface area contributed by atoms with Gasteiger partial charge in [-0.05, 0) is 36.4 Å². The molecule has 0 aliphatic rings. The summed E-state index contributed by atoms with van der Waals surface area (Å²) in [4.78, 5) is 15.1. The van der Waals surface area contributed by atoms with Gasteiger partial charge in [-0.15, -0.1) is 11.3 Å². The zero-order chi connectivity index (χ0) is 35.0. The molecule has 246 valence electrons. The van der Waals surface area contributed by atoms with Gasteiger partial charge in [0.1, 0.15) is 5.58 Å². The highest BCUT2D eigenvalue weighted by molar-refractivity contribution is 7.26. The number of para-hydroxylation sites is 2. The number of benzene rings is 7. The average Bonchev–Trinajstić information content (AvgIpc) is 3.90. The lowest BCUT2D eigenvalue weighted by Crippen LogP contribution is -2.03. The summed E-state index contributed by atoms with van der Waals surface area (Å²) >= 11 is 1.81. The van der Waals surface area contributed by atoms with Crippen LogP contribution in [0, 0.1) is 11.3 Å². The first kappa shape index (κ1) is 29.6. The van der Waals surface area contributed by atoms with E-state index in [-0.39, 0.29) is 0 Å². The van der Waals surface area contributed by atoms with E-state index in [2.05, 4.69) is 71.3 Å². The molecule has 0 N–H and O–H groups in total. The Morgan fingerprint density at radius 2 is 1.15 bits per heavy atom. The maximum Gasteiger partial charge on any atom is 0.166 e. The molecule has 0 saturated carbocycles. The van der Waals surface area contributed by atoms with Crippen molar-refractivity contribution in [3.8, 4) is 45.9 Å². The molecule has 0 fully saturated rings. The first-order valence-corrected chi connectivity index (χ1v) is 18.2. The maximum absolute atomic E-state index is 11.0. The van der Waals surface area contributed by atoms with Gasteiger partial charge in [-0.3, -0.25) is 0 Å². The molecule has 4 aromatic heterocycles. The van der Waals surface area contributed by atoms with Gasteiger partial charge in [-0.2, -0.15) is 5.26 Å². The number of hydrogen-bond donors (Lipinski definition) is 0. The van der Waals surface area contributed by atoms with E-state index in [1.165, 1.54) is 25.6 Å². The van der Waals surface area contributed by atoms with Crippen molar-refractivity contribution in [3.63, 3.8) is 0 Å². The van der Waals surface area contributed by atoms with Gasteiger partial charge in [0.15, 0.2) is 23.1 Å². The molecule has 0 saturated heterocycles. The van der Waals surface area contributed by atoms with Crippen LogP contribution in [0.5, 0.6) is 0 Å². The Morgan fingerprint density at radius 3 is 1.89 bits per heavy atom. The zero-order valence-electron chi connectivity index (χ0n) is 28.0. The molecule has 0 atom stereocenters. The predicted octanol–water partition coefficient (Wildman–Crippen LogP) is 12.1. The van der Waals surface area contributed by atoms with Crippen LogP contribution < -0.4 is 0 Å². The molecule has 11 aromatic rings. The van der Waals surface area contributed by atoms with Crippen LogP contribution in [-0.2, 0) is 0 Å². The number of hydrogen-bond acceptors (Lipinski definition) is 6. The number of furan rings is 1. The molecule has 0 spiro atoms. The summed E-state index contributed by atoms with van der Waals surface area (Å²) in [6.45, 7) is 0. The van der Waals surface area contributed by atoms with Gasteiger partial charge in [0.05, 0.1) is 28.4 Å². The summed E-state index contributed by atoms with van der Waals surface area (Å²) in [5.74, 6) is 1.46. The maximum atomic E-state index is 11.0. The van der Waals surface area contributed by atoms with Crippen molar-refractivity contribution >= 4 is 75.3 Å². The van der Waals surface area contributed by atoms with Gasteiger partial charge in [0.25, 0.3) is 0 Å². The van der Waals surface area contributed by atoms with Crippen LogP contribution >= 0.6 is 11.3 Å². The van der Waals surface area contributed by atoms with Crippen LogP contribution in [0.25, 0.3) is 104 Å². The third-order valence-corrected chi connectivity index (χ3v) is 11.2. The molecule has 0 radical (unpaired) electrons. The summed E-state index contributed by atoms with van der Waals surface area (Å²) in [7, 11) is 0. The lowest BCUT2D eigenvalue weighted by atomic mass is 9.98. The number of nitriles is 1. The summed E-state index contributed by atoms with van der Waals surface area (Å²) in [6, 6.07) is 53.8. The molecule has 11 rings (SSSR count).